The number of nitrogens with zero attached hydrogens (tertiary/aromatic N) is 2. The highest BCUT2D eigenvalue weighted by Gasteiger charge is 2.18. The van der Waals surface area contributed by atoms with Gasteiger partial charge < -0.3 is 4.90 Å². The van der Waals surface area contributed by atoms with Crippen LogP contribution in [0.25, 0.3) is 85.1 Å². The van der Waals surface area contributed by atoms with Gasteiger partial charge in [0.1, 0.15) is 5.01 Å². The molecule has 2 nitrogen and oxygen atoms in total. The van der Waals surface area contributed by atoms with Gasteiger partial charge in [0, 0.05) is 42.5 Å². The van der Waals surface area contributed by atoms with Crippen LogP contribution in [-0.2, 0) is 0 Å². The van der Waals surface area contributed by atoms with Crippen LogP contribution in [0.3, 0.4) is 0 Å². The van der Waals surface area contributed by atoms with Gasteiger partial charge in [0.05, 0.1) is 15.9 Å². The van der Waals surface area contributed by atoms with Crippen LogP contribution in [0.1, 0.15) is 0 Å². The number of benzene rings is 9. The zero-order chi connectivity index (χ0) is 37.7. The molecule has 57 heavy (non-hydrogen) atoms. The Balaban J connectivity index is 0.980. The Hall–Kier alpha value is -6.85. The molecule has 9 aromatic carbocycles. The van der Waals surface area contributed by atoms with Crippen LogP contribution in [0.5, 0.6) is 0 Å². The second-order valence-electron chi connectivity index (χ2n) is 14.4. The van der Waals surface area contributed by atoms with Crippen LogP contribution in [0, 0.1) is 0 Å². The van der Waals surface area contributed by atoms with Gasteiger partial charge in [-0.3, -0.25) is 0 Å². The summed E-state index contributed by atoms with van der Waals surface area (Å²) in [6.45, 7) is 0. The fourth-order valence-corrected chi connectivity index (χ4v) is 10.2. The quantitative estimate of drug-likeness (QED) is 0.161. The molecule has 11 aromatic rings. The third-order valence-electron chi connectivity index (χ3n) is 10.9. The Morgan fingerprint density at radius 2 is 0.877 bits per heavy atom. The summed E-state index contributed by atoms with van der Waals surface area (Å²) in [5.41, 5.74) is 12.8. The maximum Gasteiger partial charge on any atom is 0.124 e. The molecule has 0 atom stereocenters. The first-order valence-corrected chi connectivity index (χ1v) is 20.8. The fraction of sp³-hybridized carbons (Fsp3) is 0. The predicted octanol–water partition coefficient (Wildman–Crippen LogP) is 16.0. The van der Waals surface area contributed by atoms with Gasteiger partial charge in [-0.25, -0.2) is 4.98 Å². The zero-order valence-corrected chi connectivity index (χ0v) is 32.5. The summed E-state index contributed by atoms with van der Waals surface area (Å²) >= 11 is 3.62. The van der Waals surface area contributed by atoms with Crippen molar-refractivity contribution >= 4 is 80.9 Å². The van der Waals surface area contributed by atoms with E-state index in [0.29, 0.717) is 0 Å². The molecule has 0 saturated heterocycles. The van der Waals surface area contributed by atoms with Crippen LogP contribution in [0.4, 0.5) is 17.1 Å². The highest BCUT2D eigenvalue weighted by molar-refractivity contribution is 7.26. The second kappa shape index (κ2) is 14.0. The number of hydrogen-bond donors (Lipinski definition) is 0. The zero-order valence-electron chi connectivity index (χ0n) is 30.8. The van der Waals surface area contributed by atoms with Crippen LogP contribution in [0.2, 0.25) is 0 Å². The first-order chi connectivity index (χ1) is 28.2. The van der Waals surface area contributed by atoms with Gasteiger partial charge in [0.2, 0.25) is 0 Å². The van der Waals surface area contributed by atoms with Crippen molar-refractivity contribution in [2.24, 2.45) is 0 Å². The summed E-state index contributed by atoms with van der Waals surface area (Å²) in [5.74, 6) is 0. The lowest BCUT2D eigenvalue weighted by atomic mass is 9.96. The van der Waals surface area contributed by atoms with Crippen LogP contribution in [0.15, 0.2) is 206 Å². The molecule has 0 N–H and O–H groups in total. The van der Waals surface area contributed by atoms with Gasteiger partial charge in [-0.15, -0.1) is 22.7 Å². The van der Waals surface area contributed by atoms with Crippen molar-refractivity contribution in [2.45, 2.75) is 0 Å². The monoisotopic (exact) mass is 762 g/mol. The Morgan fingerprint density at radius 3 is 1.56 bits per heavy atom. The van der Waals surface area contributed by atoms with Gasteiger partial charge in [-0.1, -0.05) is 158 Å². The molecule has 0 unspecified atom stereocenters. The van der Waals surface area contributed by atoms with Gasteiger partial charge >= 0.3 is 0 Å². The van der Waals surface area contributed by atoms with Gasteiger partial charge in [-0.05, 0) is 87.3 Å². The third-order valence-corrected chi connectivity index (χ3v) is 13.1. The van der Waals surface area contributed by atoms with Crippen molar-refractivity contribution in [3.63, 3.8) is 0 Å². The van der Waals surface area contributed by atoms with E-state index in [1.807, 2.05) is 11.3 Å². The average molecular weight is 763 g/mol. The lowest BCUT2D eigenvalue weighted by Gasteiger charge is -2.28. The van der Waals surface area contributed by atoms with Gasteiger partial charge in [-0.2, -0.15) is 0 Å². The number of rotatable bonds is 7. The SMILES string of the molecule is c1ccc(-c2ccc(N(c3ccc(-c4ccc5c(c4)sc4cc6nc(-c7ccccc7)sc6cc45)cc3)c3ccc(-c4ccccc4)c4ccccc34)cc2)cc1. The predicted molar refractivity (Wildman–Crippen MR) is 246 cm³/mol. The van der Waals surface area contributed by atoms with E-state index in [4.69, 9.17) is 4.98 Å². The number of fused-ring (bicyclic) bond motifs is 5. The van der Waals surface area contributed by atoms with E-state index in [0.717, 1.165) is 27.6 Å². The van der Waals surface area contributed by atoms with Gasteiger partial charge in [0.15, 0.2) is 0 Å². The smallest absolute Gasteiger partial charge is 0.124 e. The minimum atomic E-state index is 1.07. The number of anilines is 3. The van der Waals surface area contributed by atoms with Crippen LogP contribution >= 0.6 is 22.7 Å². The number of thiophene rings is 1. The molecule has 0 saturated carbocycles. The number of hydrogen-bond acceptors (Lipinski definition) is 4. The van der Waals surface area contributed by atoms with E-state index < -0.39 is 0 Å². The first-order valence-electron chi connectivity index (χ1n) is 19.2. The van der Waals surface area contributed by atoms with Crippen molar-refractivity contribution in [2.75, 3.05) is 4.90 Å². The van der Waals surface area contributed by atoms with E-state index in [-0.39, 0.29) is 0 Å². The Labute approximate surface area is 339 Å². The minimum Gasteiger partial charge on any atom is -0.310 e. The summed E-state index contributed by atoms with van der Waals surface area (Å²) in [4.78, 5) is 7.41. The van der Waals surface area contributed by atoms with E-state index in [1.54, 1.807) is 11.3 Å². The van der Waals surface area contributed by atoms with Crippen LogP contribution in [-0.4, -0.2) is 4.98 Å². The Bertz CT molecular complexity index is 3200. The number of aromatic nitrogens is 1. The molecule has 2 heterocycles. The number of thiazole rings is 1. The summed E-state index contributed by atoms with van der Waals surface area (Å²) in [6, 6.07) is 74.6. The molecule has 0 aliphatic rings. The largest absolute Gasteiger partial charge is 0.310 e. The van der Waals surface area contributed by atoms with Crippen molar-refractivity contribution < 1.29 is 0 Å². The lowest BCUT2D eigenvalue weighted by Crippen LogP contribution is -2.10. The summed E-state index contributed by atoms with van der Waals surface area (Å²) in [6.07, 6.45) is 0. The topological polar surface area (TPSA) is 16.1 Å². The van der Waals surface area contributed by atoms with Crippen molar-refractivity contribution in [1.82, 2.24) is 4.98 Å². The minimum absolute atomic E-state index is 1.07. The summed E-state index contributed by atoms with van der Waals surface area (Å²) in [5, 5.41) is 6.10. The maximum atomic E-state index is 5.01. The maximum absolute atomic E-state index is 5.01. The van der Waals surface area contributed by atoms with Gasteiger partial charge in [0.25, 0.3) is 0 Å². The third kappa shape index (κ3) is 6.07. The normalized spacial score (nSPS) is 11.5. The molecule has 0 amide bonds. The molecular weight excluding hydrogens is 729 g/mol. The molecule has 0 spiro atoms. The molecular formula is C53H34N2S2. The summed E-state index contributed by atoms with van der Waals surface area (Å²) in [7, 11) is 0. The van der Waals surface area contributed by atoms with E-state index in [2.05, 4.69) is 211 Å². The van der Waals surface area contributed by atoms with Crippen molar-refractivity contribution in [3.8, 4) is 44.0 Å². The highest BCUT2D eigenvalue weighted by atomic mass is 32.1. The molecule has 0 aliphatic heterocycles. The standard InChI is InChI=1S/C53H34N2S2/c1-4-12-35(13-5-1)36-20-25-41(26-21-36)55(49-31-30-43(38-14-6-2-7-15-38)44-18-10-11-19-45(44)49)42-27-22-37(23-28-42)40-24-29-46-47-33-52-48(34-51(47)56-50(46)32-40)54-53(57-52)39-16-8-3-9-17-39/h1-34H. The fourth-order valence-electron chi connectivity index (χ4n) is 8.09. The van der Waals surface area contributed by atoms with E-state index in [1.165, 1.54) is 74.6 Å². The highest BCUT2D eigenvalue weighted by Crippen LogP contribution is 2.44. The lowest BCUT2D eigenvalue weighted by molar-refractivity contribution is 1.30. The molecule has 0 radical (unpaired) electrons. The molecule has 268 valence electrons. The molecule has 11 rings (SSSR count). The van der Waals surface area contributed by atoms with Crippen molar-refractivity contribution in [1.29, 1.82) is 0 Å². The first kappa shape index (κ1) is 33.5. The average Bonchev–Trinajstić information content (AvgIpc) is 3.87. The Kier molecular flexibility index (Phi) is 8.24. The molecule has 2 aromatic heterocycles. The molecule has 0 aliphatic carbocycles. The van der Waals surface area contributed by atoms with Crippen LogP contribution < -0.4 is 4.90 Å². The summed E-state index contributed by atoms with van der Waals surface area (Å²) < 4.78 is 3.79. The molecule has 4 heteroatoms. The molecule has 0 fully saturated rings. The Morgan fingerprint density at radius 1 is 0.333 bits per heavy atom. The molecule has 0 bridgehead atoms. The van der Waals surface area contributed by atoms with E-state index >= 15 is 0 Å². The van der Waals surface area contributed by atoms with E-state index in [9.17, 15) is 0 Å². The second-order valence-corrected chi connectivity index (χ2v) is 16.5. The van der Waals surface area contributed by atoms with Crippen molar-refractivity contribution in [3.05, 3.63) is 206 Å².